The number of ether oxygens (including phenoxy) is 1. The first-order valence-corrected chi connectivity index (χ1v) is 11.4. The molecule has 0 aliphatic heterocycles. The van der Waals surface area contributed by atoms with Gasteiger partial charge in [-0.3, -0.25) is 0 Å². The minimum absolute atomic E-state index is 0.590. The molecule has 0 aromatic heterocycles. The Morgan fingerprint density at radius 1 is 0.667 bits per heavy atom. The van der Waals surface area contributed by atoms with Crippen LogP contribution in [-0.2, 0) is 4.74 Å². The molecule has 2 rings (SSSR count). The Bertz CT molecular complexity index is 284. The molecular weight excluding hydrogens is 292 g/mol. The lowest BCUT2D eigenvalue weighted by Gasteiger charge is -2.29. The maximum atomic E-state index is 6.20. The Labute approximate surface area is 152 Å². The average molecular weight is 337 g/mol. The van der Waals surface area contributed by atoms with Crippen LogP contribution < -0.4 is 0 Å². The first-order chi connectivity index (χ1) is 11.8. The van der Waals surface area contributed by atoms with E-state index < -0.39 is 0 Å². The Balaban J connectivity index is 1.42. The summed E-state index contributed by atoms with van der Waals surface area (Å²) in [7, 11) is 0. The maximum absolute atomic E-state index is 6.20. The standard InChI is InChI=1S/C23H44O/c1-3-4-5-6-7-9-21-15-17-23(18-16-21)24-19-8-10-22-13-11-20(2)12-14-22/h20-23H,3-19H2,1-2H3/t20-,21-,22-,23-. The topological polar surface area (TPSA) is 9.23 Å². The molecule has 0 N–H and O–H groups in total. The second-order valence-electron chi connectivity index (χ2n) is 8.98. The van der Waals surface area contributed by atoms with Crippen molar-refractivity contribution in [3.05, 3.63) is 0 Å². The molecule has 142 valence electrons. The van der Waals surface area contributed by atoms with Gasteiger partial charge >= 0.3 is 0 Å². The second kappa shape index (κ2) is 12.3. The quantitative estimate of drug-likeness (QED) is 0.354. The van der Waals surface area contributed by atoms with E-state index in [1.54, 1.807) is 0 Å². The number of unbranched alkanes of at least 4 members (excludes halogenated alkanes) is 4. The molecule has 0 spiro atoms. The fourth-order valence-electron chi connectivity index (χ4n) is 4.86. The van der Waals surface area contributed by atoms with Gasteiger partial charge in [-0.25, -0.2) is 0 Å². The van der Waals surface area contributed by atoms with E-state index in [2.05, 4.69) is 13.8 Å². The van der Waals surface area contributed by atoms with Gasteiger partial charge in [-0.15, -0.1) is 0 Å². The summed E-state index contributed by atoms with van der Waals surface area (Å²) >= 11 is 0. The van der Waals surface area contributed by atoms with Crippen molar-refractivity contribution in [2.75, 3.05) is 6.61 Å². The molecule has 0 radical (unpaired) electrons. The smallest absolute Gasteiger partial charge is 0.0575 e. The van der Waals surface area contributed by atoms with Crippen LogP contribution in [-0.4, -0.2) is 12.7 Å². The van der Waals surface area contributed by atoms with Gasteiger partial charge in [-0.2, -0.15) is 0 Å². The van der Waals surface area contributed by atoms with Crippen molar-refractivity contribution in [2.24, 2.45) is 17.8 Å². The average Bonchev–Trinajstić information content (AvgIpc) is 2.61. The van der Waals surface area contributed by atoms with Crippen molar-refractivity contribution in [3.63, 3.8) is 0 Å². The molecule has 2 fully saturated rings. The van der Waals surface area contributed by atoms with Gasteiger partial charge in [0.05, 0.1) is 6.10 Å². The molecule has 2 aliphatic rings. The third-order valence-electron chi connectivity index (χ3n) is 6.76. The van der Waals surface area contributed by atoms with Gasteiger partial charge in [0.1, 0.15) is 0 Å². The van der Waals surface area contributed by atoms with Crippen LogP contribution in [0.3, 0.4) is 0 Å². The zero-order valence-electron chi connectivity index (χ0n) is 16.7. The van der Waals surface area contributed by atoms with Gasteiger partial charge in [-0.05, 0) is 56.3 Å². The largest absolute Gasteiger partial charge is 0.378 e. The van der Waals surface area contributed by atoms with Gasteiger partial charge < -0.3 is 4.74 Å². The van der Waals surface area contributed by atoms with Crippen molar-refractivity contribution < 1.29 is 4.74 Å². The fourth-order valence-corrected chi connectivity index (χ4v) is 4.86. The summed E-state index contributed by atoms with van der Waals surface area (Å²) in [5.74, 6) is 3.00. The summed E-state index contributed by atoms with van der Waals surface area (Å²) in [4.78, 5) is 0. The molecule has 24 heavy (non-hydrogen) atoms. The van der Waals surface area contributed by atoms with Crippen molar-refractivity contribution in [3.8, 4) is 0 Å². The normalized spacial score (nSPS) is 31.2. The molecule has 1 nitrogen and oxygen atoms in total. The van der Waals surface area contributed by atoms with E-state index in [1.807, 2.05) is 0 Å². The summed E-state index contributed by atoms with van der Waals surface area (Å²) in [5.41, 5.74) is 0. The predicted octanol–water partition coefficient (Wildman–Crippen LogP) is 7.53. The minimum atomic E-state index is 0.590. The molecule has 2 aliphatic carbocycles. The lowest BCUT2D eigenvalue weighted by Crippen LogP contribution is -2.22. The van der Waals surface area contributed by atoms with Crippen LogP contribution in [0, 0.1) is 17.8 Å². The molecule has 0 bridgehead atoms. The lowest BCUT2D eigenvalue weighted by molar-refractivity contribution is 0.0132. The second-order valence-corrected chi connectivity index (χ2v) is 8.98. The zero-order chi connectivity index (χ0) is 17.0. The van der Waals surface area contributed by atoms with Crippen LogP contribution in [0.4, 0.5) is 0 Å². The summed E-state index contributed by atoms with van der Waals surface area (Å²) in [6.45, 7) is 5.75. The predicted molar refractivity (Wildman–Crippen MR) is 105 cm³/mol. The number of hydrogen-bond donors (Lipinski definition) is 0. The van der Waals surface area contributed by atoms with E-state index in [9.17, 15) is 0 Å². The van der Waals surface area contributed by atoms with Gasteiger partial charge in [-0.1, -0.05) is 78.1 Å². The molecule has 0 atom stereocenters. The monoisotopic (exact) mass is 336 g/mol. The van der Waals surface area contributed by atoms with Crippen LogP contribution >= 0.6 is 0 Å². The molecule has 0 heterocycles. The molecule has 0 unspecified atom stereocenters. The first-order valence-electron chi connectivity index (χ1n) is 11.4. The van der Waals surface area contributed by atoms with Crippen molar-refractivity contribution in [1.82, 2.24) is 0 Å². The lowest BCUT2D eigenvalue weighted by atomic mass is 9.81. The molecular formula is C23H44O. The first kappa shape index (κ1) is 20.3. The molecule has 2 saturated carbocycles. The van der Waals surface area contributed by atoms with E-state index >= 15 is 0 Å². The molecule has 0 amide bonds. The highest BCUT2D eigenvalue weighted by atomic mass is 16.5. The highest BCUT2D eigenvalue weighted by molar-refractivity contribution is 4.74. The van der Waals surface area contributed by atoms with Gasteiger partial charge in [0, 0.05) is 6.61 Å². The Morgan fingerprint density at radius 2 is 1.25 bits per heavy atom. The zero-order valence-corrected chi connectivity index (χ0v) is 16.7. The third-order valence-corrected chi connectivity index (χ3v) is 6.76. The Hall–Kier alpha value is -0.0400. The number of rotatable bonds is 11. The van der Waals surface area contributed by atoms with E-state index in [-0.39, 0.29) is 0 Å². The minimum Gasteiger partial charge on any atom is -0.378 e. The van der Waals surface area contributed by atoms with E-state index in [4.69, 9.17) is 4.74 Å². The van der Waals surface area contributed by atoms with Gasteiger partial charge in [0.2, 0.25) is 0 Å². The van der Waals surface area contributed by atoms with Crippen LogP contribution in [0.15, 0.2) is 0 Å². The van der Waals surface area contributed by atoms with Crippen molar-refractivity contribution in [2.45, 2.75) is 123 Å². The molecule has 0 saturated heterocycles. The molecule has 0 aromatic rings. The molecule has 1 heteroatoms. The van der Waals surface area contributed by atoms with Gasteiger partial charge in [0.15, 0.2) is 0 Å². The summed E-state index contributed by atoms with van der Waals surface area (Å²) in [6.07, 6.45) is 23.4. The summed E-state index contributed by atoms with van der Waals surface area (Å²) in [6, 6.07) is 0. The van der Waals surface area contributed by atoms with Crippen LogP contribution in [0.25, 0.3) is 0 Å². The highest BCUT2D eigenvalue weighted by Crippen LogP contribution is 2.32. The van der Waals surface area contributed by atoms with Crippen molar-refractivity contribution >= 4 is 0 Å². The highest BCUT2D eigenvalue weighted by Gasteiger charge is 2.22. The van der Waals surface area contributed by atoms with Crippen molar-refractivity contribution in [1.29, 1.82) is 0 Å². The Morgan fingerprint density at radius 3 is 1.92 bits per heavy atom. The van der Waals surface area contributed by atoms with Crippen LogP contribution in [0.2, 0.25) is 0 Å². The number of hydrogen-bond acceptors (Lipinski definition) is 1. The van der Waals surface area contributed by atoms with Crippen LogP contribution in [0.5, 0.6) is 0 Å². The summed E-state index contributed by atoms with van der Waals surface area (Å²) in [5, 5.41) is 0. The van der Waals surface area contributed by atoms with E-state index in [0.717, 1.165) is 24.4 Å². The molecule has 0 aromatic carbocycles. The van der Waals surface area contributed by atoms with E-state index in [1.165, 1.54) is 103 Å². The Kier molecular flexibility index (Phi) is 10.4. The maximum Gasteiger partial charge on any atom is 0.0575 e. The summed E-state index contributed by atoms with van der Waals surface area (Å²) < 4.78 is 6.20. The fraction of sp³-hybridized carbons (Fsp3) is 1.00. The van der Waals surface area contributed by atoms with Crippen LogP contribution in [0.1, 0.15) is 117 Å². The SMILES string of the molecule is CCCCCCC[C@H]1CC[C@H](OCCC[C@H]2CC[C@H](C)CC2)CC1. The van der Waals surface area contributed by atoms with Gasteiger partial charge in [0.25, 0.3) is 0 Å². The van der Waals surface area contributed by atoms with E-state index in [0.29, 0.717) is 6.10 Å². The third kappa shape index (κ3) is 8.37.